The van der Waals surface area contributed by atoms with E-state index < -0.39 is 0 Å². The third-order valence-corrected chi connectivity index (χ3v) is 5.52. The van der Waals surface area contributed by atoms with Crippen molar-refractivity contribution in [1.29, 1.82) is 0 Å². The summed E-state index contributed by atoms with van der Waals surface area (Å²) in [6, 6.07) is 26.9. The van der Waals surface area contributed by atoms with Crippen LogP contribution < -0.4 is 4.74 Å². The number of imidazole rings is 1. The van der Waals surface area contributed by atoms with Crippen molar-refractivity contribution in [3.8, 4) is 5.75 Å². The number of thioether (sulfide) groups is 1. The summed E-state index contributed by atoms with van der Waals surface area (Å²) < 4.78 is 8.30. The monoisotopic (exact) mass is 374 g/mol. The molecule has 0 saturated carbocycles. The van der Waals surface area contributed by atoms with E-state index in [4.69, 9.17) is 9.72 Å². The van der Waals surface area contributed by atoms with Gasteiger partial charge in [-0.2, -0.15) is 0 Å². The fourth-order valence-corrected chi connectivity index (χ4v) is 3.98. The van der Waals surface area contributed by atoms with Crippen molar-refractivity contribution in [2.45, 2.75) is 24.1 Å². The first-order valence-corrected chi connectivity index (χ1v) is 10.1. The van der Waals surface area contributed by atoms with Gasteiger partial charge in [0.15, 0.2) is 0 Å². The number of ether oxygens (including phenoxy) is 1. The minimum Gasteiger partial charge on any atom is -0.491 e. The maximum Gasteiger partial charge on any atom is 0.122 e. The van der Waals surface area contributed by atoms with Gasteiger partial charge >= 0.3 is 0 Å². The zero-order valence-electron chi connectivity index (χ0n) is 15.3. The average Bonchev–Trinajstić information content (AvgIpc) is 3.06. The van der Waals surface area contributed by atoms with Gasteiger partial charge in [-0.1, -0.05) is 48.5 Å². The molecule has 1 aromatic heterocycles. The Morgan fingerprint density at radius 1 is 0.889 bits per heavy atom. The Morgan fingerprint density at radius 3 is 2.48 bits per heavy atom. The van der Waals surface area contributed by atoms with Crippen LogP contribution in [0.4, 0.5) is 0 Å². The lowest BCUT2D eigenvalue weighted by Gasteiger charge is -2.12. The van der Waals surface area contributed by atoms with Gasteiger partial charge in [0.25, 0.3) is 0 Å². The van der Waals surface area contributed by atoms with Gasteiger partial charge in [-0.25, -0.2) is 4.98 Å². The molecular formula is C23H22N2OS. The molecule has 4 aromatic rings. The number of benzene rings is 3. The molecule has 0 unspecified atom stereocenters. The van der Waals surface area contributed by atoms with Gasteiger partial charge in [0.1, 0.15) is 18.2 Å². The largest absolute Gasteiger partial charge is 0.491 e. The van der Waals surface area contributed by atoms with Crippen molar-refractivity contribution in [3.05, 3.63) is 90.3 Å². The summed E-state index contributed by atoms with van der Waals surface area (Å²) in [6.07, 6.45) is 0. The summed E-state index contributed by atoms with van der Waals surface area (Å²) in [6.45, 7) is 3.47. The first kappa shape index (κ1) is 17.7. The van der Waals surface area contributed by atoms with Gasteiger partial charge in [-0.05, 0) is 42.8 Å². The quantitative estimate of drug-likeness (QED) is 0.387. The van der Waals surface area contributed by atoms with E-state index in [1.165, 1.54) is 4.90 Å². The highest BCUT2D eigenvalue weighted by atomic mass is 32.2. The van der Waals surface area contributed by atoms with E-state index in [1.54, 1.807) is 0 Å². The van der Waals surface area contributed by atoms with Crippen molar-refractivity contribution in [2.24, 2.45) is 0 Å². The van der Waals surface area contributed by atoms with E-state index in [-0.39, 0.29) is 0 Å². The first-order valence-electron chi connectivity index (χ1n) is 9.12. The predicted molar refractivity (Wildman–Crippen MR) is 112 cm³/mol. The van der Waals surface area contributed by atoms with Crippen molar-refractivity contribution in [3.63, 3.8) is 0 Å². The number of nitrogens with zero attached hydrogens (tertiary/aromatic N) is 2. The highest BCUT2D eigenvalue weighted by Crippen LogP contribution is 2.25. The molecule has 0 aliphatic carbocycles. The van der Waals surface area contributed by atoms with Crippen molar-refractivity contribution in [2.75, 3.05) is 6.61 Å². The number of hydrogen-bond acceptors (Lipinski definition) is 3. The van der Waals surface area contributed by atoms with Crippen LogP contribution in [-0.4, -0.2) is 16.2 Å². The van der Waals surface area contributed by atoms with Crippen LogP contribution in [-0.2, 0) is 12.3 Å². The van der Waals surface area contributed by atoms with Crippen LogP contribution in [0.15, 0.2) is 83.8 Å². The lowest BCUT2D eigenvalue weighted by atomic mass is 10.2. The fraction of sp³-hybridized carbons (Fsp3) is 0.174. The van der Waals surface area contributed by atoms with E-state index in [0.717, 1.165) is 40.5 Å². The molecule has 0 N–H and O–H groups in total. The van der Waals surface area contributed by atoms with Gasteiger partial charge in [0, 0.05) is 4.90 Å². The Hall–Kier alpha value is -2.72. The van der Waals surface area contributed by atoms with Crippen LogP contribution in [0.2, 0.25) is 0 Å². The Balaban J connectivity index is 1.52. The van der Waals surface area contributed by atoms with Crippen molar-refractivity contribution >= 4 is 22.8 Å². The Morgan fingerprint density at radius 2 is 1.63 bits per heavy atom. The highest BCUT2D eigenvalue weighted by Gasteiger charge is 2.11. The number of aryl methyl sites for hydroxylation is 1. The molecule has 3 nitrogen and oxygen atoms in total. The molecule has 4 rings (SSSR count). The van der Waals surface area contributed by atoms with Gasteiger partial charge in [0.05, 0.1) is 23.3 Å². The minimum absolute atomic E-state index is 0.619. The maximum absolute atomic E-state index is 6.02. The second kappa shape index (κ2) is 8.31. The molecule has 0 atom stereocenters. The van der Waals surface area contributed by atoms with Crippen LogP contribution in [0.25, 0.3) is 11.0 Å². The molecule has 0 radical (unpaired) electrons. The molecule has 0 fully saturated rings. The molecule has 1 heterocycles. The third kappa shape index (κ3) is 4.17. The van der Waals surface area contributed by atoms with Gasteiger partial charge in [0.2, 0.25) is 0 Å². The van der Waals surface area contributed by atoms with Crippen LogP contribution in [0.3, 0.4) is 0 Å². The summed E-state index contributed by atoms with van der Waals surface area (Å²) in [5.74, 6) is 2.86. The summed E-state index contributed by atoms with van der Waals surface area (Å²) in [7, 11) is 0. The van der Waals surface area contributed by atoms with Gasteiger partial charge in [-0.15, -0.1) is 11.8 Å². The second-order valence-corrected chi connectivity index (χ2v) is 7.43. The number of para-hydroxylation sites is 3. The normalized spacial score (nSPS) is 11.0. The molecular weight excluding hydrogens is 352 g/mol. The lowest BCUT2D eigenvalue weighted by molar-refractivity contribution is 0.297. The van der Waals surface area contributed by atoms with E-state index in [1.807, 2.05) is 42.1 Å². The highest BCUT2D eigenvalue weighted by molar-refractivity contribution is 7.98. The molecule has 27 heavy (non-hydrogen) atoms. The maximum atomic E-state index is 6.02. The Bertz CT molecular complexity index is 1030. The molecule has 0 spiro atoms. The Labute approximate surface area is 164 Å². The van der Waals surface area contributed by atoms with E-state index >= 15 is 0 Å². The summed E-state index contributed by atoms with van der Waals surface area (Å²) >= 11 is 1.81. The number of fused-ring (bicyclic) bond motifs is 1. The van der Waals surface area contributed by atoms with E-state index in [9.17, 15) is 0 Å². The third-order valence-electron chi connectivity index (χ3n) is 4.51. The fourth-order valence-electron chi connectivity index (χ4n) is 3.11. The summed E-state index contributed by atoms with van der Waals surface area (Å²) in [4.78, 5) is 6.11. The average molecular weight is 375 g/mol. The minimum atomic E-state index is 0.619. The van der Waals surface area contributed by atoms with Crippen LogP contribution in [0.1, 0.15) is 11.4 Å². The van der Waals surface area contributed by atoms with Crippen LogP contribution in [0, 0.1) is 6.92 Å². The molecule has 136 valence electrons. The molecule has 3 aromatic carbocycles. The molecule has 0 aliphatic heterocycles. The first-order chi connectivity index (χ1) is 13.3. The molecule has 0 aliphatic rings. The number of aromatic nitrogens is 2. The van der Waals surface area contributed by atoms with Crippen LogP contribution in [0.5, 0.6) is 5.75 Å². The van der Waals surface area contributed by atoms with Gasteiger partial charge < -0.3 is 9.30 Å². The summed E-state index contributed by atoms with van der Waals surface area (Å²) in [5, 5.41) is 0. The molecule has 0 saturated heterocycles. The number of rotatable bonds is 7. The predicted octanol–water partition coefficient (Wildman–Crippen LogP) is 5.72. The van der Waals surface area contributed by atoms with Crippen LogP contribution >= 0.6 is 11.8 Å². The van der Waals surface area contributed by atoms with Gasteiger partial charge in [-0.3, -0.25) is 0 Å². The molecule has 4 heteroatoms. The Kier molecular flexibility index (Phi) is 5.45. The van der Waals surface area contributed by atoms with E-state index in [2.05, 4.69) is 60.0 Å². The second-order valence-electron chi connectivity index (χ2n) is 6.38. The zero-order valence-corrected chi connectivity index (χ0v) is 16.2. The molecule has 0 amide bonds. The SMILES string of the molecule is Cc1ccccc1OCCn1c(CSc2ccccc2)nc2ccccc21. The standard InChI is InChI=1S/C23H22N2OS/c1-18-9-5-8-14-22(18)26-16-15-25-21-13-7-6-12-20(21)24-23(25)17-27-19-10-3-2-4-11-19/h2-14H,15-17H2,1H3. The number of hydrogen-bond donors (Lipinski definition) is 0. The zero-order chi connectivity index (χ0) is 18.5. The van der Waals surface area contributed by atoms with E-state index in [0.29, 0.717) is 6.61 Å². The summed E-state index contributed by atoms with van der Waals surface area (Å²) in [5.41, 5.74) is 3.36. The van der Waals surface area contributed by atoms with Crippen molar-refractivity contribution < 1.29 is 4.74 Å². The lowest BCUT2D eigenvalue weighted by Crippen LogP contribution is -2.11. The van der Waals surface area contributed by atoms with Crippen molar-refractivity contribution in [1.82, 2.24) is 9.55 Å². The smallest absolute Gasteiger partial charge is 0.122 e. The molecule has 0 bridgehead atoms. The topological polar surface area (TPSA) is 27.1 Å².